The largest absolute Gasteiger partial charge is 0.465 e. The highest BCUT2D eigenvalue weighted by Gasteiger charge is 2.29. The van der Waals surface area contributed by atoms with Gasteiger partial charge in [0.25, 0.3) is 5.91 Å². The van der Waals surface area contributed by atoms with Gasteiger partial charge in [0, 0.05) is 4.88 Å². The van der Waals surface area contributed by atoms with E-state index >= 15 is 0 Å². The van der Waals surface area contributed by atoms with Crippen molar-refractivity contribution < 1.29 is 14.3 Å². The van der Waals surface area contributed by atoms with Gasteiger partial charge in [-0.2, -0.15) is 0 Å². The first-order valence-electron chi connectivity index (χ1n) is 8.46. The van der Waals surface area contributed by atoms with E-state index in [2.05, 4.69) is 28.2 Å². The fraction of sp³-hybridized carbons (Fsp3) is 0.300. The van der Waals surface area contributed by atoms with E-state index in [0.29, 0.717) is 21.0 Å². The first kappa shape index (κ1) is 18.9. The number of fused-ring (bicyclic) bond motifs is 1. The minimum absolute atomic E-state index is 0.286. The number of nitrogens with one attached hydrogen (secondary N) is 1. The van der Waals surface area contributed by atoms with E-state index in [4.69, 9.17) is 4.74 Å². The summed E-state index contributed by atoms with van der Waals surface area (Å²) in [6.45, 7) is 2.21. The third-order valence-electron chi connectivity index (χ3n) is 4.44. The highest BCUT2D eigenvalue weighted by molar-refractivity contribution is 9.12. The number of ether oxygens (including phenoxy) is 1. The van der Waals surface area contributed by atoms with Gasteiger partial charge in [-0.15, -0.1) is 11.3 Å². The smallest absolute Gasteiger partial charge is 0.341 e. The maximum atomic E-state index is 12.6. The average Bonchev–Trinajstić information content (AvgIpc) is 2.98. The van der Waals surface area contributed by atoms with Crippen molar-refractivity contribution in [3.05, 3.63) is 56.4 Å². The Morgan fingerprint density at radius 1 is 1.31 bits per heavy atom. The molecular formula is C20H20BrNO3S. The Morgan fingerprint density at radius 3 is 2.73 bits per heavy atom. The number of halogens is 1. The van der Waals surface area contributed by atoms with Crippen LogP contribution in [0.25, 0.3) is 6.08 Å². The summed E-state index contributed by atoms with van der Waals surface area (Å²) in [6.07, 6.45) is 4.57. The molecule has 26 heavy (non-hydrogen) atoms. The second-order valence-electron chi connectivity index (χ2n) is 6.40. The maximum absolute atomic E-state index is 12.6. The van der Waals surface area contributed by atoms with Gasteiger partial charge >= 0.3 is 5.97 Å². The van der Waals surface area contributed by atoms with Crippen molar-refractivity contribution in [2.24, 2.45) is 5.92 Å². The molecule has 1 aromatic heterocycles. The summed E-state index contributed by atoms with van der Waals surface area (Å²) in [5.41, 5.74) is 2.45. The number of rotatable bonds is 4. The van der Waals surface area contributed by atoms with Gasteiger partial charge in [0.2, 0.25) is 0 Å². The molecule has 1 amide bonds. The lowest BCUT2D eigenvalue weighted by Gasteiger charge is -2.18. The van der Waals surface area contributed by atoms with Crippen LogP contribution in [0.5, 0.6) is 0 Å². The van der Waals surface area contributed by atoms with Gasteiger partial charge in [0.15, 0.2) is 0 Å². The highest BCUT2D eigenvalue weighted by Crippen LogP contribution is 2.40. The van der Waals surface area contributed by atoms with E-state index < -0.39 is 5.97 Å². The van der Waals surface area contributed by atoms with E-state index in [1.165, 1.54) is 23.3 Å². The third-order valence-corrected chi connectivity index (χ3v) is 6.20. The number of benzene rings is 1. The molecule has 1 aliphatic rings. The standard InChI is InChI=1S/C20H20BrNO3S/c1-12-8-9-14-16(10-12)26-19(17(14)20(24)25-2)22-18(23)15(21)11-13-6-4-3-5-7-13/h3-7,11-12H,8-10H2,1-2H3,(H,22,23)/b15-11-/t12-/m0/s1. The highest BCUT2D eigenvalue weighted by atomic mass is 79.9. The second-order valence-corrected chi connectivity index (χ2v) is 8.36. The van der Waals surface area contributed by atoms with Crippen LogP contribution in [0.2, 0.25) is 0 Å². The number of carbonyl (C=O) groups is 2. The van der Waals surface area contributed by atoms with Crippen LogP contribution in [0.1, 0.15) is 39.7 Å². The van der Waals surface area contributed by atoms with Crippen LogP contribution in [0.3, 0.4) is 0 Å². The van der Waals surface area contributed by atoms with Gasteiger partial charge in [-0.1, -0.05) is 37.3 Å². The summed E-state index contributed by atoms with van der Waals surface area (Å²) < 4.78 is 5.36. The van der Waals surface area contributed by atoms with Crippen LogP contribution in [0, 0.1) is 5.92 Å². The zero-order valence-corrected chi connectivity index (χ0v) is 17.1. The van der Waals surface area contributed by atoms with Crippen molar-refractivity contribution in [3.8, 4) is 0 Å². The first-order chi connectivity index (χ1) is 12.5. The SMILES string of the molecule is COC(=O)c1c(NC(=O)/C(Br)=C/c2ccccc2)sc2c1CC[C@H](C)C2. The monoisotopic (exact) mass is 433 g/mol. The lowest BCUT2D eigenvalue weighted by Crippen LogP contribution is -2.15. The zero-order chi connectivity index (χ0) is 18.7. The predicted octanol–water partition coefficient (Wildman–Crippen LogP) is 5.03. The van der Waals surface area contributed by atoms with Crippen LogP contribution in [-0.4, -0.2) is 19.0 Å². The molecule has 0 bridgehead atoms. The Kier molecular flexibility index (Phi) is 5.94. The molecule has 1 aliphatic carbocycles. The van der Waals surface area contributed by atoms with Gasteiger partial charge in [-0.25, -0.2) is 4.79 Å². The molecule has 2 aromatic rings. The number of methoxy groups -OCH3 is 1. The summed E-state index contributed by atoms with van der Waals surface area (Å²) in [4.78, 5) is 26.1. The molecule has 0 aliphatic heterocycles. The number of hydrogen-bond donors (Lipinski definition) is 1. The molecule has 136 valence electrons. The van der Waals surface area contributed by atoms with Crippen molar-refractivity contribution in [2.75, 3.05) is 12.4 Å². The fourth-order valence-electron chi connectivity index (χ4n) is 3.08. The Bertz CT molecular complexity index is 857. The lowest BCUT2D eigenvalue weighted by atomic mass is 9.88. The molecule has 3 rings (SSSR count). The van der Waals surface area contributed by atoms with Crippen molar-refractivity contribution in [1.82, 2.24) is 0 Å². The first-order valence-corrected chi connectivity index (χ1v) is 10.1. The van der Waals surface area contributed by atoms with Crippen molar-refractivity contribution in [3.63, 3.8) is 0 Å². The molecule has 1 N–H and O–H groups in total. The normalized spacial score (nSPS) is 16.7. The van der Waals surface area contributed by atoms with E-state index in [1.54, 1.807) is 6.08 Å². The lowest BCUT2D eigenvalue weighted by molar-refractivity contribution is -0.112. The molecule has 0 unspecified atom stereocenters. The predicted molar refractivity (Wildman–Crippen MR) is 109 cm³/mol. The molecule has 6 heteroatoms. The quantitative estimate of drug-likeness (QED) is 0.542. The van der Waals surface area contributed by atoms with Gasteiger partial charge in [-0.3, -0.25) is 4.79 Å². The van der Waals surface area contributed by atoms with Gasteiger partial charge in [-0.05, 0) is 58.3 Å². The Balaban J connectivity index is 1.88. The molecule has 1 atom stereocenters. The van der Waals surface area contributed by atoms with Crippen LogP contribution in [0.4, 0.5) is 5.00 Å². The van der Waals surface area contributed by atoms with E-state index in [9.17, 15) is 9.59 Å². The number of carbonyl (C=O) groups excluding carboxylic acids is 2. The van der Waals surface area contributed by atoms with E-state index in [-0.39, 0.29) is 5.91 Å². The molecule has 1 aromatic carbocycles. The molecule has 0 saturated heterocycles. The van der Waals surface area contributed by atoms with E-state index in [0.717, 1.165) is 30.4 Å². The molecule has 0 fully saturated rings. The Morgan fingerprint density at radius 2 is 2.04 bits per heavy atom. The van der Waals surface area contributed by atoms with Crippen LogP contribution in [-0.2, 0) is 22.4 Å². The topological polar surface area (TPSA) is 55.4 Å². The zero-order valence-electron chi connectivity index (χ0n) is 14.7. The van der Waals surface area contributed by atoms with Crippen LogP contribution >= 0.6 is 27.3 Å². The Labute approximate surface area is 165 Å². The van der Waals surface area contributed by atoms with Gasteiger partial charge < -0.3 is 10.1 Å². The summed E-state index contributed by atoms with van der Waals surface area (Å²) in [6, 6.07) is 9.58. The average molecular weight is 434 g/mol. The van der Waals surface area contributed by atoms with Crippen LogP contribution in [0.15, 0.2) is 34.8 Å². The third kappa shape index (κ3) is 4.07. The molecule has 4 nitrogen and oxygen atoms in total. The molecule has 0 spiro atoms. The van der Waals surface area contributed by atoms with E-state index in [1.807, 2.05) is 30.3 Å². The summed E-state index contributed by atoms with van der Waals surface area (Å²) >= 11 is 4.82. The second kappa shape index (κ2) is 8.18. The summed E-state index contributed by atoms with van der Waals surface area (Å²) in [7, 11) is 1.37. The number of esters is 1. The number of amides is 1. The number of thiophene rings is 1. The minimum Gasteiger partial charge on any atom is -0.465 e. The number of hydrogen-bond acceptors (Lipinski definition) is 4. The molecular weight excluding hydrogens is 414 g/mol. The molecule has 0 saturated carbocycles. The molecule has 1 heterocycles. The van der Waals surface area contributed by atoms with Gasteiger partial charge in [0.1, 0.15) is 5.00 Å². The molecule has 0 radical (unpaired) electrons. The van der Waals surface area contributed by atoms with Gasteiger partial charge in [0.05, 0.1) is 17.2 Å². The van der Waals surface area contributed by atoms with Crippen molar-refractivity contribution >= 4 is 50.2 Å². The Hall–Kier alpha value is -1.92. The van der Waals surface area contributed by atoms with Crippen molar-refractivity contribution in [2.45, 2.75) is 26.2 Å². The van der Waals surface area contributed by atoms with Crippen molar-refractivity contribution in [1.29, 1.82) is 0 Å². The summed E-state index contributed by atoms with van der Waals surface area (Å²) in [5.74, 6) is -0.0962. The number of anilines is 1. The van der Waals surface area contributed by atoms with Crippen LogP contribution < -0.4 is 5.32 Å². The maximum Gasteiger partial charge on any atom is 0.341 e. The minimum atomic E-state index is -0.393. The fourth-order valence-corrected chi connectivity index (χ4v) is 4.84. The summed E-state index contributed by atoms with van der Waals surface area (Å²) in [5, 5.41) is 3.45.